The Bertz CT molecular complexity index is 832. The third-order valence-corrected chi connectivity index (χ3v) is 5.46. The molecule has 0 spiro atoms. The number of carbonyl (C=O) groups excluding carboxylic acids is 2. The Balaban J connectivity index is 1.51. The van der Waals surface area contributed by atoms with Crippen molar-refractivity contribution < 1.29 is 9.59 Å². The fourth-order valence-electron chi connectivity index (χ4n) is 3.01. The highest BCUT2D eigenvalue weighted by Gasteiger charge is 2.33. The molecule has 1 aliphatic rings. The number of unbranched alkanes of at least 4 members (excludes halogenated alkanes) is 1. The number of aromatic nitrogens is 1. The number of hydrazone groups is 1. The minimum Gasteiger partial charge on any atom is -0.351 e. The molecular formula is C20H24N4O2S. The van der Waals surface area contributed by atoms with E-state index in [2.05, 4.69) is 20.8 Å². The summed E-state index contributed by atoms with van der Waals surface area (Å²) in [5.74, 6) is -0.186. The Morgan fingerprint density at radius 3 is 2.70 bits per heavy atom. The zero-order chi connectivity index (χ0) is 19.2. The van der Waals surface area contributed by atoms with Crippen LogP contribution in [0.3, 0.4) is 0 Å². The van der Waals surface area contributed by atoms with Crippen molar-refractivity contribution in [3.63, 3.8) is 0 Å². The zero-order valence-electron chi connectivity index (χ0n) is 15.6. The van der Waals surface area contributed by atoms with E-state index in [1.165, 1.54) is 6.92 Å². The highest BCUT2D eigenvalue weighted by Crippen LogP contribution is 2.25. The molecule has 1 unspecified atom stereocenters. The molecule has 142 valence electrons. The van der Waals surface area contributed by atoms with E-state index in [9.17, 15) is 9.59 Å². The summed E-state index contributed by atoms with van der Waals surface area (Å²) in [6.45, 7) is 4.13. The van der Waals surface area contributed by atoms with Crippen LogP contribution in [0.4, 0.5) is 5.69 Å². The number of benzene rings is 1. The summed E-state index contributed by atoms with van der Waals surface area (Å²) in [4.78, 5) is 28.9. The van der Waals surface area contributed by atoms with Crippen LogP contribution < -0.4 is 10.3 Å². The molecule has 0 aliphatic carbocycles. The minimum atomic E-state index is -0.415. The van der Waals surface area contributed by atoms with Crippen molar-refractivity contribution in [2.45, 2.75) is 45.6 Å². The summed E-state index contributed by atoms with van der Waals surface area (Å²) in [7, 11) is 0. The van der Waals surface area contributed by atoms with Gasteiger partial charge in [0, 0.05) is 24.0 Å². The third kappa shape index (κ3) is 5.01. The summed E-state index contributed by atoms with van der Waals surface area (Å²) in [6.07, 6.45) is 3.14. The smallest absolute Gasteiger partial charge is 0.267 e. The molecule has 7 heteroatoms. The second-order valence-corrected chi connectivity index (χ2v) is 7.60. The predicted octanol–water partition coefficient (Wildman–Crippen LogP) is 3.11. The number of nitrogens with one attached hydrogen (secondary N) is 1. The van der Waals surface area contributed by atoms with Gasteiger partial charge in [-0.15, -0.1) is 11.3 Å². The van der Waals surface area contributed by atoms with Gasteiger partial charge in [0.05, 0.1) is 10.7 Å². The molecule has 1 aromatic heterocycles. The van der Waals surface area contributed by atoms with Crippen molar-refractivity contribution in [1.82, 2.24) is 10.3 Å². The second kappa shape index (κ2) is 8.90. The topological polar surface area (TPSA) is 74.7 Å². The average molecular weight is 385 g/mol. The Morgan fingerprint density at radius 2 is 2.04 bits per heavy atom. The first-order valence-corrected chi connectivity index (χ1v) is 10.0. The van der Waals surface area contributed by atoms with E-state index in [4.69, 9.17) is 0 Å². The summed E-state index contributed by atoms with van der Waals surface area (Å²) >= 11 is 1.68. The van der Waals surface area contributed by atoms with Crippen LogP contribution in [0.25, 0.3) is 0 Å². The number of nitrogens with zero attached hydrogens (tertiary/aromatic N) is 3. The molecule has 2 aromatic rings. The van der Waals surface area contributed by atoms with E-state index in [0.29, 0.717) is 18.7 Å². The van der Waals surface area contributed by atoms with Crippen molar-refractivity contribution in [2.24, 2.45) is 5.10 Å². The third-order valence-electron chi connectivity index (χ3n) is 4.43. The number of hydrogen-bond acceptors (Lipinski definition) is 6. The van der Waals surface area contributed by atoms with E-state index in [-0.39, 0.29) is 11.7 Å². The number of carbonyl (C=O) groups is 2. The van der Waals surface area contributed by atoms with Crippen LogP contribution in [-0.2, 0) is 16.0 Å². The van der Waals surface area contributed by atoms with E-state index in [1.54, 1.807) is 16.3 Å². The van der Waals surface area contributed by atoms with E-state index >= 15 is 0 Å². The first kappa shape index (κ1) is 19.2. The van der Waals surface area contributed by atoms with Crippen LogP contribution in [0.5, 0.6) is 0 Å². The lowest BCUT2D eigenvalue weighted by Crippen LogP contribution is -2.34. The maximum atomic E-state index is 12.4. The molecule has 0 radical (unpaired) electrons. The number of thiazole rings is 1. The lowest BCUT2D eigenvalue weighted by molar-refractivity contribution is -0.118. The molecule has 3 rings (SSSR count). The van der Waals surface area contributed by atoms with Gasteiger partial charge in [0.2, 0.25) is 0 Å². The number of ketones is 1. The van der Waals surface area contributed by atoms with Gasteiger partial charge in [0.15, 0.2) is 5.78 Å². The van der Waals surface area contributed by atoms with Crippen LogP contribution in [0.1, 0.15) is 36.9 Å². The quantitative estimate of drug-likeness (QED) is 0.710. The largest absolute Gasteiger partial charge is 0.351 e. The number of rotatable bonds is 8. The van der Waals surface area contributed by atoms with Gasteiger partial charge in [-0.1, -0.05) is 18.2 Å². The minimum absolute atomic E-state index is 0.00384. The van der Waals surface area contributed by atoms with Crippen molar-refractivity contribution in [2.75, 3.05) is 11.6 Å². The lowest BCUT2D eigenvalue weighted by Gasteiger charge is -2.20. The molecule has 1 amide bonds. The molecule has 1 aliphatic heterocycles. The monoisotopic (exact) mass is 384 g/mol. The molecule has 0 fully saturated rings. The van der Waals surface area contributed by atoms with Gasteiger partial charge in [-0.3, -0.25) is 14.6 Å². The Kier molecular flexibility index (Phi) is 6.34. The van der Waals surface area contributed by atoms with Gasteiger partial charge in [-0.05, 0) is 45.2 Å². The Morgan fingerprint density at radius 1 is 1.26 bits per heavy atom. The van der Waals surface area contributed by atoms with Crippen LogP contribution in [0, 0.1) is 6.92 Å². The van der Waals surface area contributed by atoms with Gasteiger partial charge in [-0.2, -0.15) is 5.10 Å². The predicted molar refractivity (Wildman–Crippen MR) is 108 cm³/mol. The summed E-state index contributed by atoms with van der Waals surface area (Å²) in [5, 5.41) is 12.2. The molecule has 0 saturated carbocycles. The van der Waals surface area contributed by atoms with Crippen LogP contribution in [-0.4, -0.2) is 35.0 Å². The molecular weight excluding hydrogens is 360 g/mol. The fraction of sp³-hybridized carbons (Fsp3) is 0.400. The highest BCUT2D eigenvalue weighted by molar-refractivity contribution is 7.09. The van der Waals surface area contributed by atoms with Crippen molar-refractivity contribution in [1.29, 1.82) is 0 Å². The van der Waals surface area contributed by atoms with E-state index in [1.807, 2.05) is 37.3 Å². The van der Waals surface area contributed by atoms with Gasteiger partial charge in [0.1, 0.15) is 11.8 Å². The number of Topliss-reactive ketones (excluding diaryl/α,β-unsaturated/α-hetero) is 1. The second-order valence-electron chi connectivity index (χ2n) is 6.65. The molecule has 27 heavy (non-hydrogen) atoms. The van der Waals surface area contributed by atoms with Crippen LogP contribution >= 0.6 is 11.3 Å². The maximum absolute atomic E-state index is 12.4. The standard InChI is InChI=1S/C20H24N4O2S/c1-14-13-27-19(22-14)10-6-7-11-21-20(26)17-12-18(15(2)25)24(23-17)16-8-4-3-5-9-16/h3-5,8-9,13,18H,6-7,10-12H2,1-2H3,(H,21,26). The number of aryl methyl sites for hydroxylation is 2. The van der Waals surface area contributed by atoms with Gasteiger partial charge in [-0.25, -0.2) is 4.98 Å². The molecule has 1 aromatic carbocycles. The summed E-state index contributed by atoms with van der Waals surface area (Å²) in [6, 6.07) is 9.06. The van der Waals surface area contributed by atoms with Gasteiger partial charge in [0.25, 0.3) is 5.91 Å². The fourth-order valence-corrected chi connectivity index (χ4v) is 3.82. The molecule has 0 bridgehead atoms. The summed E-state index contributed by atoms with van der Waals surface area (Å²) < 4.78 is 0. The zero-order valence-corrected chi connectivity index (χ0v) is 16.5. The van der Waals surface area contributed by atoms with Crippen molar-refractivity contribution in [3.8, 4) is 0 Å². The first-order chi connectivity index (χ1) is 13.0. The van der Waals surface area contributed by atoms with Gasteiger partial charge < -0.3 is 5.32 Å². The molecule has 1 N–H and O–H groups in total. The van der Waals surface area contributed by atoms with E-state index in [0.717, 1.165) is 35.7 Å². The first-order valence-electron chi connectivity index (χ1n) is 9.16. The number of anilines is 1. The molecule has 1 atom stereocenters. The highest BCUT2D eigenvalue weighted by atomic mass is 32.1. The normalized spacial score (nSPS) is 16.3. The SMILES string of the molecule is CC(=O)C1CC(C(=O)NCCCCc2nc(C)cs2)=NN1c1ccccc1. The van der Waals surface area contributed by atoms with Crippen LogP contribution in [0.2, 0.25) is 0 Å². The Hall–Kier alpha value is -2.54. The van der Waals surface area contributed by atoms with Crippen molar-refractivity contribution in [3.05, 3.63) is 46.4 Å². The number of hydrogen-bond donors (Lipinski definition) is 1. The van der Waals surface area contributed by atoms with Gasteiger partial charge >= 0.3 is 0 Å². The van der Waals surface area contributed by atoms with E-state index < -0.39 is 6.04 Å². The summed E-state index contributed by atoms with van der Waals surface area (Å²) in [5.41, 5.74) is 2.29. The molecule has 0 saturated heterocycles. The lowest BCUT2D eigenvalue weighted by atomic mass is 10.1. The Labute approximate surface area is 163 Å². The van der Waals surface area contributed by atoms with Crippen molar-refractivity contribution >= 4 is 34.4 Å². The maximum Gasteiger partial charge on any atom is 0.267 e. The molecule has 2 heterocycles. The molecule has 6 nitrogen and oxygen atoms in total. The average Bonchev–Trinajstić information content (AvgIpc) is 3.29. The van der Waals surface area contributed by atoms with Crippen LogP contribution in [0.15, 0.2) is 40.8 Å². The number of para-hydroxylation sites is 1. The number of amides is 1.